The number of amides is 3. The summed E-state index contributed by atoms with van der Waals surface area (Å²) in [5, 5.41) is 12.7. The molecule has 2 unspecified atom stereocenters. The van der Waals surface area contributed by atoms with E-state index in [1.54, 1.807) is 6.92 Å². The maximum atomic E-state index is 13.1. The van der Waals surface area contributed by atoms with E-state index in [-0.39, 0.29) is 25.4 Å². The van der Waals surface area contributed by atoms with E-state index in [1.165, 1.54) is 6.92 Å². The molecule has 2 aromatic rings. The van der Waals surface area contributed by atoms with E-state index in [9.17, 15) is 24.3 Å². The van der Waals surface area contributed by atoms with Gasteiger partial charge in [-0.25, -0.2) is 14.6 Å². The first-order chi connectivity index (χ1) is 15.7. The number of ether oxygens (including phenoxy) is 1. The molecule has 0 saturated carbocycles. The topological polar surface area (TPSA) is 125 Å². The van der Waals surface area contributed by atoms with E-state index < -0.39 is 35.5 Å². The number of aliphatic carboxylic acids is 1. The Morgan fingerprint density at radius 3 is 2.24 bits per heavy atom. The Bertz CT molecular complexity index is 1090. The number of carbonyl (C=O) groups excluding carboxylic acids is 3. The SMILES string of the molecule is CCC(C)(NC(=O)OCC1c2ccccc2-c2ccccc21)C(=O)N1NC(=O)CC1C(=O)O. The number of carboxylic acid groups (broad SMARTS) is 1. The van der Waals surface area contributed by atoms with E-state index in [0.717, 1.165) is 27.3 Å². The number of benzene rings is 2. The predicted octanol–water partition coefficient (Wildman–Crippen LogP) is 2.41. The molecule has 33 heavy (non-hydrogen) atoms. The molecular formula is C24H25N3O6. The van der Waals surface area contributed by atoms with Crippen molar-refractivity contribution in [2.24, 2.45) is 0 Å². The minimum atomic E-state index is -1.46. The van der Waals surface area contributed by atoms with Crippen molar-refractivity contribution < 1.29 is 29.0 Å². The molecule has 0 bridgehead atoms. The third-order valence-corrected chi connectivity index (χ3v) is 6.34. The summed E-state index contributed by atoms with van der Waals surface area (Å²) in [6.45, 7) is 3.22. The minimum absolute atomic E-state index is 0.0754. The zero-order valence-electron chi connectivity index (χ0n) is 18.3. The summed E-state index contributed by atoms with van der Waals surface area (Å²) in [6, 6.07) is 14.5. The lowest BCUT2D eigenvalue weighted by Crippen LogP contribution is -2.61. The van der Waals surface area contributed by atoms with E-state index in [2.05, 4.69) is 10.7 Å². The van der Waals surface area contributed by atoms with Crippen LogP contribution in [0, 0.1) is 0 Å². The standard InChI is InChI=1S/C24H25N3O6/c1-3-24(2,22(31)27-19(21(29)30)12-20(28)26-27)25-23(32)33-13-18-16-10-6-4-8-14(16)15-9-5-7-11-17(15)18/h4-11,18-19H,3,12-13H2,1-2H3,(H,25,32)(H,26,28)(H,29,30). The Morgan fingerprint density at radius 1 is 1.12 bits per heavy atom. The predicted molar refractivity (Wildman–Crippen MR) is 118 cm³/mol. The van der Waals surface area contributed by atoms with Crippen molar-refractivity contribution in [2.75, 3.05) is 6.61 Å². The summed E-state index contributed by atoms with van der Waals surface area (Å²) in [6.07, 6.45) is -0.979. The molecule has 1 saturated heterocycles. The first-order valence-electron chi connectivity index (χ1n) is 10.7. The van der Waals surface area contributed by atoms with Crippen LogP contribution in [0.5, 0.6) is 0 Å². The quantitative estimate of drug-likeness (QED) is 0.619. The second-order valence-corrected chi connectivity index (χ2v) is 8.40. The number of rotatable bonds is 6. The van der Waals surface area contributed by atoms with Crippen LogP contribution < -0.4 is 10.7 Å². The molecule has 0 spiro atoms. The molecule has 3 amide bonds. The van der Waals surface area contributed by atoms with Gasteiger partial charge in [0.15, 0.2) is 6.04 Å². The normalized spacial score (nSPS) is 18.7. The Morgan fingerprint density at radius 2 is 1.70 bits per heavy atom. The van der Waals surface area contributed by atoms with Crippen LogP contribution in [0.25, 0.3) is 11.1 Å². The summed E-state index contributed by atoms with van der Waals surface area (Å²) in [5.74, 6) is -2.74. The Labute approximate surface area is 190 Å². The zero-order valence-corrected chi connectivity index (χ0v) is 18.3. The Balaban J connectivity index is 1.46. The van der Waals surface area contributed by atoms with E-state index >= 15 is 0 Å². The van der Waals surface area contributed by atoms with Crippen LogP contribution in [0.3, 0.4) is 0 Å². The third-order valence-electron chi connectivity index (χ3n) is 6.34. The van der Waals surface area contributed by atoms with Gasteiger partial charge < -0.3 is 15.2 Å². The lowest BCUT2D eigenvalue weighted by molar-refractivity contribution is -0.153. The van der Waals surface area contributed by atoms with Gasteiger partial charge >= 0.3 is 12.1 Å². The third kappa shape index (κ3) is 4.02. The number of alkyl carbamates (subject to hydrolysis) is 1. The molecule has 1 aliphatic carbocycles. The van der Waals surface area contributed by atoms with E-state index in [4.69, 9.17) is 4.74 Å². The Hall–Kier alpha value is -3.88. The van der Waals surface area contributed by atoms with Gasteiger partial charge in [-0.05, 0) is 35.6 Å². The fourth-order valence-electron chi connectivity index (χ4n) is 4.33. The molecule has 0 radical (unpaired) electrons. The molecule has 2 aromatic carbocycles. The fraction of sp³-hybridized carbons (Fsp3) is 0.333. The highest BCUT2D eigenvalue weighted by Crippen LogP contribution is 2.44. The zero-order chi connectivity index (χ0) is 23.8. The summed E-state index contributed by atoms with van der Waals surface area (Å²) in [7, 11) is 0. The van der Waals surface area contributed by atoms with Gasteiger partial charge in [0.25, 0.3) is 5.91 Å². The number of carboxylic acids is 1. The minimum Gasteiger partial charge on any atom is -0.480 e. The number of fused-ring (bicyclic) bond motifs is 3. The van der Waals surface area contributed by atoms with Crippen molar-refractivity contribution in [1.82, 2.24) is 15.8 Å². The highest BCUT2D eigenvalue weighted by Gasteiger charge is 2.46. The van der Waals surface area contributed by atoms with Gasteiger partial charge in [-0.3, -0.25) is 15.0 Å². The van der Waals surface area contributed by atoms with Gasteiger partial charge in [0, 0.05) is 5.92 Å². The first-order valence-corrected chi connectivity index (χ1v) is 10.7. The summed E-state index contributed by atoms with van der Waals surface area (Å²) in [4.78, 5) is 48.9. The van der Waals surface area contributed by atoms with Gasteiger partial charge in [-0.2, -0.15) is 0 Å². The average molecular weight is 451 g/mol. The number of nitrogens with zero attached hydrogens (tertiary/aromatic N) is 1. The maximum absolute atomic E-state index is 13.1. The van der Waals surface area contributed by atoms with Crippen molar-refractivity contribution >= 4 is 23.9 Å². The van der Waals surface area contributed by atoms with Crippen molar-refractivity contribution in [3.8, 4) is 11.1 Å². The fourth-order valence-corrected chi connectivity index (χ4v) is 4.33. The highest BCUT2D eigenvalue weighted by atomic mass is 16.5. The van der Waals surface area contributed by atoms with Crippen LogP contribution in [0.2, 0.25) is 0 Å². The van der Waals surface area contributed by atoms with Crippen molar-refractivity contribution in [1.29, 1.82) is 0 Å². The summed E-state index contributed by atoms with van der Waals surface area (Å²) >= 11 is 0. The number of hydrogen-bond donors (Lipinski definition) is 3. The van der Waals surface area contributed by atoms with Crippen molar-refractivity contribution in [2.45, 2.75) is 44.2 Å². The largest absolute Gasteiger partial charge is 0.480 e. The van der Waals surface area contributed by atoms with Crippen molar-refractivity contribution in [3.05, 3.63) is 59.7 Å². The van der Waals surface area contributed by atoms with E-state index in [1.807, 2.05) is 48.5 Å². The highest BCUT2D eigenvalue weighted by molar-refractivity contribution is 5.98. The molecule has 1 fully saturated rings. The van der Waals surface area contributed by atoms with Crippen LogP contribution in [0.4, 0.5) is 4.79 Å². The molecule has 1 aliphatic heterocycles. The van der Waals surface area contributed by atoms with Crippen LogP contribution in [0.15, 0.2) is 48.5 Å². The molecule has 9 nitrogen and oxygen atoms in total. The summed E-state index contributed by atoms with van der Waals surface area (Å²) < 4.78 is 5.52. The number of hydrazine groups is 1. The van der Waals surface area contributed by atoms with E-state index in [0.29, 0.717) is 0 Å². The van der Waals surface area contributed by atoms with Gasteiger partial charge in [-0.15, -0.1) is 0 Å². The monoisotopic (exact) mass is 451 g/mol. The molecule has 2 atom stereocenters. The van der Waals surface area contributed by atoms with Crippen LogP contribution >= 0.6 is 0 Å². The number of nitrogens with one attached hydrogen (secondary N) is 2. The second-order valence-electron chi connectivity index (χ2n) is 8.40. The number of hydrogen-bond acceptors (Lipinski definition) is 5. The smallest absolute Gasteiger partial charge is 0.408 e. The first kappa shape index (κ1) is 22.3. The number of carbonyl (C=O) groups is 4. The molecule has 9 heteroatoms. The molecule has 2 aliphatic rings. The molecule has 0 aromatic heterocycles. The van der Waals surface area contributed by atoms with Gasteiger partial charge in [0.05, 0.1) is 6.42 Å². The van der Waals surface area contributed by atoms with Gasteiger partial charge in [0.1, 0.15) is 12.1 Å². The van der Waals surface area contributed by atoms with Crippen LogP contribution in [-0.4, -0.2) is 52.2 Å². The van der Waals surface area contributed by atoms with Gasteiger partial charge in [0.2, 0.25) is 5.91 Å². The molecular weight excluding hydrogens is 426 g/mol. The average Bonchev–Trinajstić information content (AvgIpc) is 3.35. The Kier molecular flexibility index (Phi) is 5.80. The van der Waals surface area contributed by atoms with Crippen LogP contribution in [0.1, 0.15) is 43.7 Å². The van der Waals surface area contributed by atoms with Crippen molar-refractivity contribution in [3.63, 3.8) is 0 Å². The lowest BCUT2D eigenvalue weighted by Gasteiger charge is -2.33. The lowest BCUT2D eigenvalue weighted by atomic mass is 9.97. The summed E-state index contributed by atoms with van der Waals surface area (Å²) in [5.41, 5.74) is 5.12. The molecule has 172 valence electrons. The van der Waals surface area contributed by atoms with Gasteiger partial charge in [-0.1, -0.05) is 55.5 Å². The second kappa shape index (κ2) is 8.57. The molecule has 1 heterocycles. The van der Waals surface area contributed by atoms with Crippen LogP contribution in [-0.2, 0) is 19.1 Å². The maximum Gasteiger partial charge on any atom is 0.408 e. The molecule has 3 N–H and O–H groups in total. The molecule has 4 rings (SSSR count).